The maximum absolute atomic E-state index is 13.8. The normalized spacial score (nSPS) is 14.5. The average molecular weight is 566 g/mol. The SMILES string of the molecule is COc1ccc(CCN(Cc2ccc(C)s2)C(=O)CN(CC2CCCO2)C(=O)NCc2ccccc2)cc1OC. The highest BCUT2D eigenvalue weighted by atomic mass is 32.1. The number of carbonyl (C=O) groups is 2. The lowest BCUT2D eigenvalue weighted by Gasteiger charge is -2.29. The molecule has 0 spiro atoms. The van der Waals surface area contributed by atoms with Crippen molar-refractivity contribution in [1.29, 1.82) is 0 Å². The molecule has 0 aliphatic carbocycles. The molecule has 3 aromatic rings. The third kappa shape index (κ3) is 8.47. The van der Waals surface area contributed by atoms with E-state index in [-0.39, 0.29) is 24.6 Å². The van der Waals surface area contributed by atoms with Crippen LogP contribution in [0.2, 0.25) is 0 Å². The Labute approximate surface area is 240 Å². The average Bonchev–Trinajstić information content (AvgIpc) is 3.65. The predicted molar refractivity (Wildman–Crippen MR) is 157 cm³/mol. The molecular weight excluding hydrogens is 526 g/mol. The van der Waals surface area contributed by atoms with E-state index in [0.29, 0.717) is 50.7 Å². The van der Waals surface area contributed by atoms with Crippen LogP contribution in [-0.2, 0) is 29.0 Å². The van der Waals surface area contributed by atoms with Crippen LogP contribution < -0.4 is 14.8 Å². The van der Waals surface area contributed by atoms with Gasteiger partial charge in [-0.25, -0.2) is 4.79 Å². The van der Waals surface area contributed by atoms with E-state index < -0.39 is 0 Å². The first kappa shape index (κ1) is 29.4. The number of methoxy groups -OCH3 is 2. The summed E-state index contributed by atoms with van der Waals surface area (Å²) < 4.78 is 16.6. The van der Waals surface area contributed by atoms with Gasteiger partial charge in [0.25, 0.3) is 0 Å². The predicted octanol–water partition coefficient (Wildman–Crippen LogP) is 5.04. The summed E-state index contributed by atoms with van der Waals surface area (Å²) in [7, 11) is 3.22. The van der Waals surface area contributed by atoms with E-state index in [9.17, 15) is 9.59 Å². The third-order valence-corrected chi connectivity index (χ3v) is 7.95. The van der Waals surface area contributed by atoms with Crippen LogP contribution in [-0.4, -0.2) is 68.3 Å². The lowest BCUT2D eigenvalue weighted by Crippen LogP contribution is -2.49. The summed E-state index contributed by atoms with van der Waals surface area (Å²) in [4.78, 5) is 32.8. The van der Waals surface area contributed by atoms with E-state index in [2.05, 4.69) is 24.4 Å². The van der Waals surface area contributed by atoms with Gasteiger partial charge in [0.05, 0.1) is 26.9 Å². The number of carbonyl (C=O) groups excluding carboxylic acids is 2. The van der Waals surface area contributed by atoms with Gasteiger partial charge in [-0.05, 0) is 61.6 Å². The summed E-state index contributed by atoms with van der Waals surface area (Å²) in [5.41, 5.74) is 2.04. The molecule has 1 atom stereocenters. The minimum Gasteiger partial charge on any atom is -0.493 e. The summed E-state index contributed by atoms with van der Waals surface area (Å²) in [6, 6.07) is 19.4. The molecule has 40 heavy (non-hydrogen) atoms. The molecule has 4 rings (SSSR count). The van der Waals surface area contributed by atoms with Crippen LogP contribution in [0.3, 0.4) is 0 Å². The number of nitrogens with zero attached hydrogens (tertiary/aromatic N) is 2. The number of thiophene rings is 1. The van der Waals surface area contributed by atoms with E-state index in [4.69, 9.17) is 14.2 Å². The van der Waals surface area contributed by atoms with Gasteiger partial charge >= 0.3 is 6.03 Å². The summed E-state index contributed by atoms with van der Waals surface area (Å²) in [6.07, 6.45) is 2.43. The molecule has 9 heteroatoms. The van der Waals surface area contributed by atoms with Crippen molar-refractivity contribution in [2.45, 2.75) is 45.4 Å². The molecule has 1 N–H and O–H groups in total. The molecule has 1 aromatic heterocycles. The molecule has 2 heterocycles. The first-order chi connectivity index (χ1) is 19.4. The number of urea groups is 1. The number of benzene rings is 2. The molecule has 0 radical (unpaired) electrons. The zero-order valence-electron chi connectivity index (χ0n) is 23.6. The van der Waals surface area contributed by atoms with Gasteiger partial charge in [-0.15, -0.1) is 11.3 Å². The lowest BCUT2D eigenvalue weighted by molar-refractivity contribution is -0.132. The minimum atomic E-state index is -0.264. The molecule has 1 fully saturated rings. The van der Waals surface area contributed by atoms with Crippen LogP contribution in [0.25, 0.3) is 0 Å². The summed E-state index contributed by atoms with van der Waals surface area (Å²) in [5.74, 6) is 1.23. The molecule has 0 saturated carbocycles. The second-order valence-electron chi connectivity index (χ2n) is 9.93. The van der Waals surface area contributed by atoms with Crippen molar-refractivity contribution in [3.8, 4) is 11.5 Å². The smallest absolute Gasteiger partial charge is 0.318 e. The van der Waals surface area contributed by atoms with Gasteiger partial charge in [0, 0.05) is 36.0 Å². The summed E-state index contributed by atoms with van der Waals surface area (Å²) in [6.45, 7) is 4.50. The molecule has 1 aliphatic heterocycles. The van der Waals surface area contributed by atoms with Gasteiger partial charge < -0.3 is 29.3 Å². The van der Waals surface area contributed by atoms with Gasteiger partial charge in [-0.2, -0.15) is 0 Å². The van der Waals surface area contributed by atoms with E-state index >= 15 is 0 Å². The number of hydrogen-bond acceptors (Lipinski definition) is 6. The highest BCUT2D eigenvalue weighted by Gasteiger charge is 2.26. The van der Waals surface area contributed by atoms with Gasteiger partial charge in [0.15, 0.2) is 11.5 Å². The fourth-order valence-electron chi connectivity index (χ4n) is 4.75. The van der Waals surface area contributed by atoms with Crippen LogP contribution >= 0.6 is 11.3 Å². The zero-order chi connectivity index (χ0) is 28.3. The van der Waals surface area contributed by atoms with E-state index in [1.165, 1.54) is 4.88 Å². The monoisotopic (exact) mass is 565 g/mol. The third-order valence-electron chi connectivity index (χ3n) is 6.96. The lowest BCUT2D eigenvalue weighted by atomic mass is 10.1. The van der Waals surface area contributed by atoms with Gasteiger partial charge in [-0.1, -0.05) is 36.4 Å². The Morgan fingerprint density at radius 3 is 2.48 bits per heavy atom. The Balaban J connectivity index is 1.47. The number of aryl methyl sites for hydroxylation is 1. The number of ether oxygens (including phenoxy) is 3. The van der Waals surface area contributed by atoms with Crippen molar-refractivity contribution < 1.29 is 23.8 Å². The first-order valence-electron chi connectivity index (χ1n) is 13.7. The Morgan fingerprint density at radius 2 is 1.80 bits per heavy atom. The van der Waals surface area contributed by atoms with Crippen LogP contribution in [0.4, 0.5) is 4.79 Å². The maximum Gasteiger partial charge on any atom is 0.318 e. The Morgan fingerprint density at radius 1 is 1.00 bits per heavy atom. The molecular formula is C31H39N3O5S. The standard InChI is InChI=1S/C31H39N3O5S/c1-23-11-13-27(40-23)21-33(16-15-24-12-14-28(37-2)29(18-24)38-3)30(35)22-34(20-26-10-7-17-39-26)31(36)32-19-25-8-5-4-6-9-25/h4-6,8-9,11-14,18,26H,7,10,15-17,19-22H2,1-3H3,(H,32,36). The number of amides is 3. The number of rotatable bonds is 13. The minimum absolute atomic E-state index is 0.0171. The van der Waals surface area contributed by atoms with Gasteiger partial charge in [-0.3, -0.25) is 4.79 Å². The van der Waals surface area contributed by atoms with Gasteiger partial charge in [0.1, 0.15) is 6.54 Å². The quantitative estimate of drug-likeness (QED) is 0.314. The largest absolute Gasteiger partial charge is 0.493 e. The van der Waals surface area contributed by atoms with Crippen LogP contribution in [0, 0.1) is 6.92 Å². The first-order valence-corrected chi connectivity index (χ1v) is 14.5. The van der Waals surface area contributed by atoms with Gasteiger partial charge in [0.2, 0.25) is 5.91 Å². The highest BCUT2D eigenvalue weighted by molar-refractivity contribution is 7.11. The highest BCUT2D eigenvalue weighted by Crippen LogP contribution is 2.28. The molecule has 1 unspecified atom stereocenters. The molecule has 0 bridgehead atoms. The van der Waals surface area contributed by atoms with Crippen molar-refractivity contribution in [1.82, 2.24) is 15.1 Å². The van der Waals surface area contributed by atoms with E-state index in [1.807, 2.05) is 53.4 Å². The maximum atomic E-state index is 13.8. The second kappa shape index (κ2) is 14.7. The van der Waals surface area contributed by atoms with Crippen LogP contribution in [0.5, 0.6) is 11.5 Å². The molecule has 1 aliphatic rings. The van der Waals surface area contributed by atoms with Crippen LogP contribution in [0.1, 0.15) is 33.7 Å². The fourth-order valence-corrected chi connectivity index (χ4v) is 5.66. The van der Waals surface area contributed by atoms with Crippen molar-refractivity contribution in [2.75, 3.05) is 40.5 Å². The van der Waals surface area contributed by atoms with Crippen LogP contribution in [0.15, 0.2) is 60.7 Å². The molecule has 8 nitrogen and oxygen atoms in total. The van der Waals surface area contributed by atoms with E-state index in [1.54, 1.807) is 30.5 Å². The van der Waals surface area contributed by atoms with Crippen molar-refractivity contribution in [2.24, 2.45) is 0 Å². The molecule has 1 saturated heterocycles. The Bertz CT molecular complexity index is 1240. The Kier molecular flexibility index (Phi) is 10.8. The molecule has 214 valence electrons. The van der Waals surface area contributed by atoms with E-state index in [0.717, 1.165) is 28.8 Å². The van der Waals surface area contributed by atoms with Crippen molar-refractivity contribution in [3.05, 3.63) is 81.5 Å². The molecule has 3 amide bonds. The number of hydrogen-bond donors (Lipinski definition) is 1. The van der Waals surface area contributed by atoms with Crippen molar-refractivity contribution >= 4 is 23.3 Å². The molecule has 2 aromatic carbocycles. The second-order valence-corrected chi connectivity index (χ2v) is 11.3. The summed E-state index contributed by atoms with van der Waals surface area (Å²) in [5, 5.41) is 2.99. The number of nitrogens with one attached hydrogen (secondary N) is 1. The Hall–Kier alpha value is -3.56. The topological polar surface area (TPSA) is 80.3 Å². The van der Waals surface area contributed by atoms with Crippen molar-refractivity contribution in [3.63, 3.8) is 0 Å². The zero-order valence-corrected chi connectivity index (χ0v) is 24.4. The summed E-state index contributed by atoms with van der Waals surface area (Å²) >= 11 is 1.68. The fraction of sp³-hybridized carbons (Fsp3) is 0.419.